The van der Waals surface area contributed by atoms with Crippen LogP contribution >= 0.6 is 11.8 Å². The zero-order valence-electron chi connectivity index (χ0n) is 12.1. The van der Waals surface area contributed by atoms with Gasteiger partial charge in [0.25, 0.3) is 0 Å². The van der Waals surface area contributed by atoms with Crippen LogP contribution in [0.15, 0.2) is 58.3 Å². The van der Waals surface area contributed by atoms with Crippen molar-refractivity contribution in [1.82, 2.24) is 0 Å². The maximum atomic E-state index is 8.91. The normalized spacial score (nSPS) is 15.0. The molecular formula is C19H19NS. The molecular weight excluding hydrogens is 274 g/mol. The summed E-state index contributed by atoms with van der Waals surface area (Å²) in [4.78, 5) is 2.44. The van der Waals surface area contributed by atoms with Crippen molar-refractivity contribution < 1.29 is 0 Å². The van der Waals surface area contributed by atoms with Crippen molar-refractivity contribution >= 4 is 11.8 Å². The summed E-state index contributed by atoms with van der Waals surface area (Å²) in [6.45, 7) is 0. The Morgan fingerprint density at radius 2 is 1.71 bits per heavy atom. The molecule has 0 N–H and O–H groups in total. The van der Waals surface area contributed by atoms with Gasteiger partial charge in [0.15, 0.2) is 0 Å². The molecule has 1 aliphatic rings. The molecule has 1 nitrogen and oxygen atoms in total. The van der Waals surface area contributed by atoms with Crippen molar-refractivity contribution in [3.8, 4) is 6.07 Å². The Kier molecular flexibility index (Phi) is 4.62. The van der Waals surface area contributed by atoms with Gasteiger partial charge in [-0.2, -0.15) is 5.26 Å². The lowest BCUT2D eigenvalue weighted by molar-refractivity contribution is 0.722. The zero-order chi connectivity index (χ0) is 14.5. The first-order valence-electron chi connectivity index (χ1n) is 7.59. The first-order chi connectivity index (χ1) is 10.4. The fraction of sp³-hybridized carbons (Fsp3) is 0.316. The van der Waals surface area contributed by atoms with Crippen LogP contribution in [0.4, 0.5) is 0 Å². The van der Waals surface area contributed by atoms with E-state index in [0.717, 1.165) is 11.5 Å². The lowest BCUT2D eigenvalue weighted by Crippen LogP contribution is -1.91. The third-order valence-corrected chi connectivity index (χ3v) is 5.30. The fourth-order valence-electron chi connectivity index (χ4n) is 3.03. The lowest BCUT2D eigenvalue weighted by atomic mass is 9.98. The Bertz CT molecular complexity index is 633. The Morgan fingerprint density at radius 1 is 1.00 bits per heavy atom. The molecule has 0 radical (unpaired) electrons. The summed E-state index contributed by atoms with van der Waals surface area (Å²) in [5.74, 6) is 0.773. The molecule has 0 aromatic heterocycles. The van der Waals surface area contributed by atoms with E-state index in [4.69, 9.17) is 5.26 Å². The molecule has 2 aromatic carbocycles. The number of nitriles is 1. The Balaban J connectivity index is 1.75. The first-order valence-corrected chi connectivity index (χ1v) is 8.41. The van der Waals surface area contributed by atoms with Gasteiger partial charge in [0.1, 0.15) is 0 Å². The predicted molar refractivity (Wildman–Crippen MR) is 87.5 cm³/mol. The molecule has 2 aromatic rings. The van der Waals surface area contributed by atoms with E-state index in [1.165, 1.54) is 41.0 Å². The molecule has 0 amide bonds. The summed E-state index contributed by atoms with van der Waals surface area (Å²) in [5.41, 5.74) is 2.60. The average Bonchev–Trinajstić information content (AvgIpc) is 3.05. The smallest absolute Gasteiger partial charge is 0.0670 e. The number of nitrogens with zero attached hydrogens (tertiary/aromatic N) is 1. The van der Waals surface area contributed by atoms with Gasteiger partial charge < -0.3 is 0 Å². The van der Waals surface area contributed by atoms with Gasteiger partial charge in [0.2, 0.25) is 0 Å². The van der Waals surface area contributed by atoms with Gasteiger partial charge >= 0.3 is 0 Å². The van der Waals surface area contributed by atoms with E-state index < -0.39 is 0 Å². The van der Waals surface area contributed by atoms with E-state index in [0.29, 0.717) is 6.42 Å². The minimum atomic E-state index is 0.476. The molecule has 0 aliphatic heterocycles. The van der Waals surface area contributed by atoms with Gasteiger partial charge in [-0.05, 0) is 48.1 Å². The second kappa shape index (κ2) is 6.83. The van der Waals surface area contributed by atoms with E-state index in [9.17, 15) is 0 Å². The quantitative estimate of drug-likeness (QED) is 0.736. The van der Waals surface area contributed by atoms with Crippen LogP contribution in [-0.4, -0.2) is 0 Å². The number of hydrogen-bond donors (Lipinski definition) is 0. The van der Waals surface area contributed by atoms with Crippen LogP contribution in [-0.2, 0) is 6.42 Å². The topological polar surface area (TPSA) is 23.8 Å². The van der Waals surface area contributed by atoms with Crippen LogP contribution in [0.25, 0.3) is 0 Å². The summed E-state index contributed by atoms with van der Waals surface area (Å²) in [5, 5.41) is 8.91. The summed E-state index contributed by atoms with van der Waals surface area (Å²) >= 11 is 1.75. The van der Waals surface area contributed by atoms with Crippen molar-refractivity contribution in [3.05, 3.63) is 59.7 Å². The van der Waals surface area contributed by atoms with E-state index >= 15 is 0 Å². The van der Waals surface area contributed by atoms with Gasteiger partial charge in [-0.1, -0.05) is 54.9 Å². The molecule has 0 heterocycles. The lowest BCUT2D eigenvalue weighted by Gasteiger charge is -2.11. The number of hydrogen-bond acceptors (Lipinski definition) is 2. The van der Waals surface area contributed by atoms with Gasteiger partial charge in [-0.15, -0.1) is 0 Å². The Morgan fingerprint density at radius 3 is 2.43 bits per heavy atom. The third-order valence-electron chi connectivity index (χ3n) is 4.18. The molecule has 3 rings (SSSR count). The summed E-state index contributed by atoms with van der Waals surface area (Å²) in [7, 11) is 0. The van der Waals surface area contributed by atoms with Crippen LogP contribution in [0.1, 0.15) is 42.7 Å². The SMILES string of the molecule is N#CCc1ccccc1Sc1ccc(C2CCCC2)cc1. The van der Waals surface area contributed by atoms with Crippen molar-refractivity contribution in [2.45, 2.75) is 47.8 Å². The number of rotatable bonds is 4. The predicted octanol–water partition coefficient (Wildman–Crippen LogP) is 5.56. The largest absolute Gasteiger partial charge is 0.198 e. The molecule has 0 atom stereocenters. The monoisotopic (exact) mass is 293 g/mol. The van der Waals surface area contributed by atoms with Crippen LogP contribution in [0.5, 0.6) is 0 Å². The van der Waals surface area contributed by atoms with E-state index in [1.54, 1.807) is 11.8 Å². The Labute approximate surface area is 131 Å². The van der Waals surface area contributed by atoms with Gasteiger partial charge in [0, 0.05) is 9.79 Å². The molecule has 1 fully saturated rings. The maximum absolute atomic E-state index is 8.91. The first kappa shape index (κ1) is 14.2. The zero-order valence-corrected chi connectivity index (χ0v) is 12.9. The summed E-state index contributed by atoms with van der Waals surface area (Å²) in [6, 6.07) is 19.4. The molecule has 0 saturated heterocycles. The second-order valence-electron chi connectivity index (χ2n) is 5.60. The molecule has 0 spiro atoms. The molecule has 0 bridgehead atoms. The van der Waals surface area contributed by atoms with E-state index in [1.807, 2.05) is 18.2 Å². The molecule has 2 heteroatoms. The number of benzene rings is 2. The van der Waals surface area contributed by atoms with E-state index in [-0.39, 0.29) is 0 Å². The highest BCUT2D eigenvalue weighted by atomic mass is 32.2. The van der Waals surface area contributed by atoms with E-state index in [2.05, 4.69) is 36.4 Å². The van der Waals surface area contributed by atoms with Gasteiger partial charge in [-0.25, -0.2) is 0 Å². The summed E-state index contributed by atoms with van der Waals surface area (Å²) < 4.78 is 0. The maximum Gasteiger partial charge on any atom is 0.0670 e. The van der Waals surface area contributed by atoms with Gasteiger partial charge in [0.05, 0.1) is 12.5 Å². The fourth-order valence-corrected chi connectivity index (χ4v) is 3.97. The molecule has 1 saturated carbocycles. The standard InChI is InChI=1S/C19H19NS/c20-14-13-17-7-3-4-8-19(17)21-18-11-9-16(10-12-18)15-5-1-2-6-15/h3-4,7-12,15H,1-2,5-6,13H2. The minimum Gasteiger partial charge on any atom is -0.198 e. The second-order valence-corrected chi connectivity index (χ2v) is 6.71. The van der Waals surface area contributed by atoms with Gasteiger partial charge in [-0.3, -0.25) is 0 Å². The third kappa shape index (κ3) is 3.49. The van der Waals surface area contributed by atoms with Crippen LogP contribution in [0.2, 0.25) is 0 Å². The van der Waals surface area contributed by atoms with Crippen molar-refractivity contribution in [3.63, 3.8) is 0 Å². The highest BCUT2D eigenvalue weighted by Crippen LogP contribution is 2.36. The van der Waals surface area contributed by atoms with Crippen molar-refractivity contribution in [2.24, 2.45) is 0 Å². The minimum absolute atomic E-state index is 0.476. The highest BCUT2D eigenvalue weighted by Gasteiger charge is 2.16. The van der Waals surface area contributed by atoms with Crippen LogP contribution in [0.3, 0.4) is 0 Å². The van der Waals surface area contributed by atoms with Crippen LogP contribution in [0, 0.1) is 11.3 Å². The molecule has 21 heavy (non-hydrogen) atoms. The highest BCUT2D eigenvalue weighted by molar-refractivity contribution is 7.99. The average molecular weight is 293 g/mol. The molecule has 1 aliphatic carbocycles. The summed E-state index contributed by atoms with van der Waals surface area (Å²) in [6.07, 6.45) is 5.92. The van der Waals surface area contributed by atoms with Crippen molar-refractivity contribution in [1.29, 1.82) is 5.26 Å². The molecule has 0 unspecified atom stereocenters. The van der Waals surface area contributed by atoms with Crippen LogP contribution < -0.4 is 0 Å². The van der Waals surface area contributed by atoms with Crippen molar-refractivity contribution in [2.75, 3.05) is 0 Å². The molecule has 106 valence electrons. The Hall–Kier alpha value is -1.72.